The van der Waals surface area contributed by atoms with Crippen LogP contribution in [0.25, 0.3) is 22.4 Å². The zero-order chi connectivity index (χ0) is 22.0. The van der Waals surface area contributed by atoms with Crippen molar-refractivity contribution in [1.82, 2.24) is 14.6 Å². The van der Waals surface area contributed by atoms with E-state index in [1.807, 2.05) is 48.5 Å². The van der Waals surface area contributed by atoms with Crippen LogP contribution in [0.15, 0.2) is 51.7 Å². The van der Waals surface area contributed by atoms with Crippen molar-refractivity contribution in [3.05, 3.63) is 67.4 Å². The largest absolute Gasteiger partial charge is 0.493 e. The van der Waals surface area contributed by atoms with Crippen LogP contribution in [0, 0.1) is 5.92 Å². The smallest absolute Gasteiger partial charge is 0.291 e. The molecule has 160 valence electrons. The van der Waals surface area contributed by atoms with Crippen molar-refractivity contribution < 1.29 is 9.47 Å². The van der Waals surface area contributed by atoms with E-state index in [1.54, 1.807) is 7.11 Å². The minimum atomic E-state index is -0.188. The lowest BCUT2D eigenvalue weighted by molar-refractivity contribution is 0.273. The molecule has 0 N–H and O–H groups in total. The van der Waals surface area contributed by atoms with Crippen LogP contribution in [0.2, 0.25) is 0 Å². The number of ether oxygens (including phenoxy) is 2. The molecule has 6 nitrogen and oxygen atoms in total. The molecular weight excluding hydrogens is 478 g/mol. The van der Waals surface area contributed by atoms with Crippen LogP contribution < -0.4 is 19.6 Å². The van der Waals surface area contributed by atoms with Gasteiger partial charge in [0.2, 0.25) is 4.96 Å². The van der Waals surface area contributed by atoms with Gasteiger partial charge < -0.3 is 9.47 Å². The number of benzene rings is 2. The fraction of sp³-hybridized carbons (Fsp3) is 0.261. The summed E-state index contributed by atoms with van der Waals surface area (Å²) in [5.74, 6) is 2.45. The molecule has 31 heavy (non-hydrogen) atoms. The molecule has 8 heteroatoms. The first-order valence-electron chi connectivity index (χ1n) is 9.92. The molecule has 0 aliphatic rings. The van der Waals surface area contributed by atoms with Crippen LogP contribution in [0.3, 0.4) is 0 Å². The summed E-state index contributed by atoms with van der Waals surface area (Å²) in [6.07, 6.45) is 2.80. The number of nitrogens with zero attached hydrogens (tertiary/aromatic N) is 3. The van der Waals surface area contributed by atoms with E-state index < -0.39 is 0 Å². The van der Waals surface area contributed by atoms with Crippen molar-refractivity contribution in [2.24, 2.45) is 5.92 Å². The fourth-order valence-corrected chi connectivity index (χ4v) is 4.18. The average molecular weight is 500 g/mol. The Morgan fingerprint density at radius 2 is 1.94 bits per heavy atom. The molecule has 4 rings (SSSR count). The highest BCUT2D eigenvalue weighted by molar-refractivity contribution is 9.10. The molecule has 0 atom stereocenters. The quantitative estimate of drug-likeness (QED) is 0.372. The molecule has 2 aromatic heterocycles. The summed E-state index contributed by atoms with van der Waals surface area (Å²) in [7, 11) is 1.61. The minimum absolute atomic E-state index is 0.188. The van der Waals surface area contributed by atoms with Crippen molar-refractivity contribution in [2.45, 2.75) is 20.3 Å². The predicted molar refractivity (Wildman–Crippen MR) is 127 cm³/mol. The maximum atomic E-state index is 12.8. The van der Waals surface area contributed by atoms with Crippen LogP contribution in [-0.4, -0.2) is 28.3 Å². The van der Waals surface area contributed by atoms with Gasteiger partial charge in [0, 0.05) is 10.0 Å². The van der Waals surface area contributed by atoms with Gasteiger partial charge in [-0.3, -0.25) is 4.79 Å². The average Bonchev–Trinajstić information content (AvgIpc) is 3.28. The van der Waals surface area contributed by atoms with Crippen LogP contribution in [-0.2, 0) is 0 Å². The molecule has 2 aromatic carbocycles. The van der Waals surface area contributed by atoms with Crippen molar-refractivity contribution in [1.29, 1.82) is 0 Å². The van der Waals surface area contributed by atoms with E-state index in [2.05, 4.69) is 39.9 Å². The Morgan fingerprint density at radius 1 is 1.16 bits per heavy atom. The van der Waals surface area contributed by atoms with Crippen LogP contribution in [0.1, 0.15) is 25.8 Å². The summed E-state index contributed by atoms with van der Waals surface area (Å²) in [6.45, 7) is 4.96. The van der Waals surface area contributed by atoms with Gasteiger partial charge in [-0.15, -0.1) is 5.10 Å². The van der Waals surface area contributed by atoms with E-state index in [9.17, 15) is 4.79 Å². The Kier molecular flexibility index (Phi) is 6.38. The lowest BCUT2D eigenvalue weighted by Crippen LogP contribution is -2.23. The van der Waals surface area contributed by atoms with E-state index in [1.165, 1.54) is 15.9 Å². The van der Waals surface area contributed by atoms with Gasteiger partial charge in [-0.05, 0) is 48.2 Å². The number of hydrogen-bond donors (Lipinski definition) is 0. The van der Waals surface area contributed by atoms with Gasteiger partial charge in [0.05, 0.1) is 18.2 Å². The molecule has 0 amide bonds. The highest BCUT2D eigenvalue weighted by atomic mass is 79.9. The Hall–Kier alpha value is -2.71. The highest BCUT2D eigenvalue weighted by Gasteiger charge is 2.12. The summed E-state index contributed by atoms with van der Waals surface area (Å²) < 4.78 is 14.2. The number of methoxy groups -OCH3 is 1. The van der Waals surface area contributed by atoms with Crippen LogP contribution in [0.5, 0.6) is 11.5 Å². The first kappa shape index (κ1) is 21.5. The Morgan fingerprint density at radius 3 is 2.61 bits per heavy atom. The number of hydrogen-bond acceptors (Lipinski definition) is 6. The van der Waals surface area contributed by atoms with Crippen molar-refractivity contribution in [3.8, 4) is 22.9 Å². The van der Waals surface area contributed by atoms with Crippen molar-refractivity contribution in [3.63, 3.8) is 0 Å². The lowest BCUT2D eigenvalue weighted by atomic mass is 10.1. The summed E-state index contributed by atoms with van der Waals surface area (Å²) in [4.78, 5) is 17.9. The van der Waals surface area contributed by atoms with Gasteiger partial charge in [0.25, 0.3) is 5.56 Å². The molecule has 0 saturated carbocycles. The van der Waals surface area contributed by atoms with E-state index in [0.717, 1.165) is 22.0 Å². The zero-order valence-corrected chi connectivity index (χ0v) is 19.9. The molecule has 0 aliphatic carbocycles. The monoisotopic (exact) mass is 499 g/mol. The summed E-state index contributed by atoms with van der Waals surface area (Å²) in [6, 6.07) is 13.3. The summed E-state index contributed by atoms with van der Waals surface area (Å²) in [5.41, 5.74) is 1.52. The van der Waals surface area contributed by atoms with Gasteiger partial charge in [0.15, 0.2) is 17.3 Å². The number of aromatic nitrogens is 3. The predicted octanol–water partition coefficient (Wildman–Crippen LogP) is 4.56. The summed E-state index contributed by atoms with van der Waals surface area (Å²) in [5, 5.41) is 4.39. The fourth-order valence-electron chi connectivity index (χ4n) is 3.00. The number of thiazole rings is 1. The molecule has 0 unspecified atom stereocenters. The van der Waals surface area contributed by atoms with Gasteiger partial charge in [-0.25, -0.2) is 0 Å². The lowest BCUT2D eigenvalue weighted by Gasteiger charge is -2.12. The van der Waals surface area contributed by atoms with Crippen LogP contribution in [0.4, 0.5) is 0 Å². The van der Waals surface area contributed by atoms with E-state index >= 15 is 0 Å². The topological polar surface area (TPSA) is 65.7 Å². The second kappa shape index (κ2) is 9.20. The van der Waals surface area contributed by atoms with Crippen molar-refractivity contribution >= 4 is 38.3 Å². The molecular formula is C23H22BrN3O3S. The first-order valence-corrected chi connectivity index (χ1v) is 11.5. The molecule has 0 spiro atoms. The van der Waals surface area contributed by atoms with Gasteiger partial charge >= 0.3 is 0 Å². The second-order valence-corrected chi connectivity index (χ2v) is 9.42. The normalized spacial score (nSPS) is 12.1. The third-order valence-corrected chi connectivity index (χ3v) is 6.21. The number of halogens is 1. The third kappa shape index (κ3) is 4.80. The first-order chi connectivity index (χ1) is 14.9. The molecule has 0 radical (unpaired) electrons. The van der Waals surface area contributed by atoms with Gasteiger partial charge in [-0.2, -0.15) is 9.50 Å². The minimum Gasteiger partial charge on any atom is -0.493 e. The molecule has 0 aliphatic heterocycles. The standard InChI is InChI=1S/C23H22BrN3O3S/c1-14(2)10-11-30-18-9-4-15(12-19(18)29-3)13-20-22(28)27-23(31-20)25-21(26-27)16-5-7-17(24)8-6-16/h4-9,12-14H,10-11H2,1-3H3/b20-13+. The van der Waals surface area contributed by atoms with E-state index in [0.29, 0.717) is 39.3 Å². The molecule has 2 heterocycles. The Bertz CT molecular complexity index is 1310. The Balaban J connectivity index is 1.63. The van der Waals surface area contributed by atoms with Gasteiger partial charge in [0.1, 0.15) is 0 Å². The number of fused-ring (bicyclic) bond motifs is 1. The van der Waals surface area contributed by atoms with Crippen molar-refractivity contribution in [2.75, 3.05) is 13.7 Å². The van der Waals surface area contributed by atoms with Gasteiger partial charge in [-0.1, -0.05) is 59.3 Å². The third-order valence-electron chi connectivity index (χ3n) is 4.72. The molecule has 4 aromatic rings. The number of rotatable bonds is 7. The maximum Gasteiger partial charge on any atom is 0.291 e. The van der Waals surface area contributed by atoms with E-state index in [-0.39, 0.29) is 5.56 Å². The molecule has 0 saturated heterocycles. The highest BCUT2D eigenvalue weighted by Crippen LogP contribution is 2.28. The SMILES string of the molecule is COc1cc(/C=c2/sc3nc(-c4ccc(Br)cc4)nn3c2=O)ccc1OCCC(C)C. The maximum absolute atomic E-state index is 12.8. The zero-order valence-electron chi connectivity index (χ0n) is 17.5. The molecule has 0 fully saturated rings. The second-order valence-electron chi connectivity index (χ2n) is 7.49. The Labute approximate surface area is 192 Å². The van der Waals surface area contributed by atoms with Crippen LogP contribution >= 0.6 is 27.3 Å². The summed E-state index contributed by atoms with van der Waals surface area (Å²) >= 11 is 4.73. The molecule has 0 bridgehead atoms. The van der Waals surface area contributed by atoms with E-state index in [4.69, 9.17) is 9.47 Å².